The first-order valence-corrected chi connectivity index (χ1v) is 13.2. The van der Waals surface area contributed by atoms with E-state index >= 15 is 4.39 Å². The molecule has 3 aromatic heterocycles. The maximum absolute atomic E-state index is 16.2. The van der Waals surface area contributed by atoms with Crippen LogP contribution in [0.25, 0.3) is 22.3 Å². The fourth-order valence-electron chi connectivity index (χ4n) is 6.24. The first-order valence-electron chi connectivity index (χ1n) is 13.2. The lowest BCUT2D eigenvalue weighted by molar-refractivity contribution is -0.137. The topological polar surface area (TPSA) is 105 Å². The first kappa shape index (κ1) is 26.8. The van der Waals surface area contributed by atoms with E-state index in [9.17, 15) is 17.6 Å². The molecule has 0 unspecified atom stereocenters. The minimum Gasteiger partial charge on any atom is -0.461 e. The van der Waals surface area contributed by atoms with Crippen molar-refractivity contribution in [1.29, 1.82) is 0 Å². The summed E-state index contributed by atoms with van der Waals surface area (Å²) in [5.74, 6) is -0.921. The fraction of sp³-hybridized carbons (Fsp3) is 0.538. The minimum absolute atomic E-state index is 0.119. The van der Waals surface area contributed by atoms with Crippen molar-refractivity contribution in [3.8, 4) is 17.4 Å². The van der Waals surface area contributed by atoms with Gasteiger partial charge in [0, 0.05) is 45.3 Å². The van der Waals surface area contributed by atoms with Gasteiger partial charge in [-0.25, -0.2) is 13.8 Å². The van der Waals surface area contributed by atoms with Crippen LogP contribution in [0.3, 0.4) is 0 Å². The number of ether oxygens (including phenoxy) is 1. The van der Waals surface area contributed by atoms with Gasteiger partial charge < -0.3 is 20.7 Å². The van der Waals surface area contributed by atoms with Crippen molar-refractivity contribution < 1.29 is 26.7 Å². The number of anilines is 2. The zero-order chi connectivity index (χ0) is 28.2. The normalized spacial score (nSPS) is 23.6. The molecule has 3 aliphatic heterocycles. The third kappa shape index (κ3) is 4.66. The van der Waals surface area contributed by atoms with Gasteiger partial charge in [0.1, 0.15) is 41.3 Å². The lowest BCUT2D eigenvalue weighted by atomic mass is 9.95. The lowest BCUT2D eigenvalue weighted by Crippen LogP contribution is -2.44. The number of nitrogens with one attached hydrogen (secondary N) is 1. The number of aryl methyl sites for hydroxylation is 1. The maximum atomic E-state index is 16.2. The highest BCUT2D eigenvalue weighted by molar-refractivity contribution is 5.92. The second-order valence-corrected chi connectivity index (χ2v) is 10.7. The number of piperazine rings is 1. The smallest absolute Gasteiger partial charge is 0.418 e. The van der Waals surface area contributed by atoms with Gasteiger partial charge in [-0.2, -0.15) is 23.1 Å². The molecule has 3 saturated heterocycles. The summed E-state index contributed by atoms with van der Waals surface area (Å²) in [6, 6.07) is 0.951. The molecule has 0 bridgehead atoms. The Labute approximate surface area is 226 Å². The van der Waals surface area contributed by atoms with Crippen molar-refractivity contribution in [2.75, 3.05) is 56.5 Å². The van der Waals surface area contributed by atoms with Gasteiger partial charge in [0.05, 0.1) is 16.5 Å². The number of nitrogens with zero attached hydrogens (tertiary/aromatic N) is 6. The van der Waals surface area contributed by atoms with Gasteiger partial charge in [-0.15, -0.1) is 0 Å². The molecule has 9 nitrogen and oxygen atoms in total. The van der Waals surface area contributed by atoms with Gasteiger partial charge in [0.2, 0.25) is 0 Å². The Hall–Kier alpha value is -3.39. The van der Waals surface area contributed by atoms with Crippen LogP contribution in [0.15, 0.2) is 12.3 Å². The molecule has 40 heavy (non-hydrogen) atoms. The van der Waals surface area contributed by atoms with Gasteiger partial charge in [-0.05, 0) is 37.9 Å². The van der Waals surface area contributed by atoms with Crippen molar-refractivity contribution in [2.24, 2.45) is 0 Å². The van der Waals surface area contributed by atoms with Crippen LogP contribution >= 0.6 is 0 Å². The van der Waals surface area contributed by atoms with E-state index in [2.05, 4.69) is 30.2 Å². The number of halogens is 5. The van der Waals surface area contributed by atoms with Crippen molar-refractivity contribution in [3.05, 3.63) is 29.2 Å². The molecule has 0 saturated carbocycles. The Bertz CT molecular complexity index is 1450. The Kier molecular flexibility index (Phi) is 6.64. The largest absolute Gasteiger partial charge is 0.461 e. The fourth-order valence-corrected chi connectivity index (χ4v) is 6.24. The summed E-state index contributed by atoms with van der Waals surface area (Å²) in [5.41, 5.74) is 2.36. The average molecular weight is 565 g/mol. The highest BCUT2D eigenvalue weighted by Gasteiger charge is 2.49. The molecule has 14 heteroatoms. The highest BCUT2D eigenvalue weighted by atomic mass is 19.4. The number of aromatic nitrogens is 4. The van der Waals surface area contributed by atoms with Crippen molar-refractivity contribution >= 4 is 22.5 Å². The zero-order valence-corrected chi connectivity index (χ0v) is 21.9. The average Bonchev–Trinajstić information content (AvgIpc) is 3.42. The molecule has 3 aliphatic rings. The molecular formula is C26H29F5N8O. The summed E-state index contributed by atoms with van der Waals surface area (Å²) in [6.07, 6.45) is -2.52. The van der Waals surface area contributed by atoms with Gasteiger partial charge in [-0.3, -0.25) is 9.88 Å². The van der Waals surface area contributed by atoms with E-state index in [-0.39, 0.29) is 34.9 Å². The number of nitrogens with two attached hydrogens (primary N) is 1. The number of alkyl halides is 4. The monoisotopic (exact) mass is 564 g/mol. The van der Waals surface area contributed by atoms with E-state index in [4.69, 9.17) is 10.5 Å². The SMILES string of the molecule is Cc1cc(N)nc(-c2ncc3c(N4CCNCC4)nc(OC[C@@]45CCCN4C[C@H](F)C5)nc3c2F)c1C(F)(F)F. The predicted octanol–water partition coefficient (Wildman–Crippen LogP) is 3.50. The second-order valence-electron chi connectivity index (χ2n) is 10.7. The zero-order valence-electron chi connectivity index (χ0n) is 21.9. The molecule has 6 rings (SSSR count). The Morgan fingerprint density at radius 1 is 1.15 bits per heavy atom. The molecule has 0 aliphatic carbocycles. The summed E-state index contributed by atoms with van der Waals surface area (Å²) in [4.78, 5) is 20.8. The summed E-state index contributed by atoms with van der Waals surface area (Å²) < 4.78 is 78.5. The molecule has 0 spiro atoms. The maximum Gasteiger partial charge on any atom is 0.418 e. The second kappa shape index (κ2) is 9.91. The van der Waals surface area contributed by atoms with Crippen LogP contribution in [0.4, 0.5) is 33.6 Å². The van der Waals surface area contributed by atoms with Gasteiger partial charge in [0.25, 0.3) is 0 Å². The molecule has 0 radical (unpaired) electrons. The van der Waals surface area contributed by atoms with Crippen LogP contribution in [-0.4, -0.2) is 82.4 Å². The molecular weight excluding hydrogens is 535 g/mol. The lowest BCUT2D eigenvalue weighted by Gasteiger charge is -2.31. The summed E-state index contributed by atoms with van der Waals surface area (Å²) >= 11 is 0. The summed E-state index contributed by atoms with van der Waals surface area (Å²) in [6.45, 7) is 4.90. The van der Waals surface area contributed by atoms with Gasteiger partial charge >= 0.3 is 12.2 Å². The van der Waals surface area contributed by atoms with E-state index in [1.165, 1.54) is 13.1 Å². The van der Waals surface area contributed by atoms with Crippen LogP contribution in [0.1, 0.15) is 30.4 Å². The molecule has 6 heterocycles. The first-order chi connectivity index (χ1) is 19.1. The minimum atomic E-state index is -4.82. The third-order valence-electron chi connectivity index (χ3n) is 8.04. The van der Waals surface area contributed by atoms with Crippen molar-refractivity contribution in [3.63, 3.8) is 0 Å². The summed E-state index contributed by atoms with van der Waals surface area (Å²) in [7, 11) is 0. The number of rotatable bonds is 5. The highest BCUT2D eigenvalue weighted by Crippen LogP contribution is 2.42. The molecule has 0 amide bonds. The molecule has 0 aromatic carbocycles. The van der Waals surface area contributed by atoms with Gasteiger partial charge in [-0.1, -0.05) is 0 Å². The molecule has 3 fully saturated rings. The number of hydrogen-bond donors (Lipinski definition) is 2. The molecule has 214 valence electrons. The Morgan fingerprint density at radius 3 is 2.67 bits per heavy atom. The predicted molar refractivity (Wildman–Crippen MR) is 138 cm³/mol. The van der Waals surface area contributed by atoms with Gasteiger partial charge in [0.15, 0.2) is 5.82 Å². The van der Waals surface area contributed by atoms with Crippen LogP contribution < -0.4 is 20.7 Å². The standard InChI is InChI=1S/C26H29F5N8O/c1-14-9-17(32)35-21(18(14)26(29,30)31)22-19(28)20-16(11-34-22)23(38-7-4-33-5-8-38)37-24(36-20)40-13-25-3-2-6-39(25)12-15(27)10-25/h9,11,15,33H,2-8,10,12-13H2,1H3,(H2,32,35)/t15-,25+/m1/s1. The van der Waals surface area contributed by atoms with Crippen LogP contribution in [0, 0.1) is 12.7 Å². The van der Waals surface area contributed by atoms with E-state index in [1.54, 1.807) is 0 Å². The van der Waals surface area contributed by atoms with E-state index < -0.39 is 40.7 Å². The number of pyridine rings is 2. The van der Waals surface area contributed by atoms with E-state index in [0.29, 0.717) is 45.0 Å². The van der Waals surface area contributed by atoms with Crippen molar-refractivity contribution in [2.45, 2.75) is 44.1 Å². The molecule has 3 aromatic rings. The molecule has 3 N–H and O–H groups in total. The number of nitrogen functional groups attached to an aromatic ring is 1. The quantitative estimate of drug-likeness (QED) is 0.451. The Morgan fingerprint density at radius 2 is 1.93 bits per heavy atom. The van der Waals surface area contributed by atoms with Crippen LogP contribution in [0.2, 0.25) is 0 Å². The van der Waals surface area contributed by atoms with Crippen LogP contribution in [-0.2, 0) is 6.18 Å². The Balaban J connectivity index is 1.47. The number of fused-ring (bicyclic) bond motifs is 2. The third-order valence-corrected chi connectivity index (χ3v) is 8.04. The van der Waals surface area contributed by atoms with E-state index in [1.807, 2.05) is 4.90 Å². The van der Waals surface area contributed by atoms with E-state index in [0.717, 1.165) is 25.5 Å². The number of hydrogen-bond acceptors (Lipinski definition) is 9. The summed E-state index contributed by atoms with van der Waals surface area (Å²) in [5, 5.41) is 3.47. The van der Waals surface area contributed by atoms with Crippen molar-refractivity contribution in [1.82, 2.24) is 30.2 Å². The van der Waals surface area contributed by atoms with Crippen LogP contribution in [0.5, 0.6) is 6.01 Å². The molecule has 2 atom stereocenters.